The number of urea groups is 1. The van der Waals surface area contributed by atoms with E-state index in [-0.39, 0.29) is 6.03 Å². The predicted octanol–water partition coefficient (Wildman–Crippen LogP) is 1.48. The number of hydrogen-bond acceptors (Lipinski definition) is 2. The minimum Gasteiger partial charge on any atom is -0.481 e. The van der Waals surface area contributed by atoms with Crippen LogP contribution >= 0.6 is 0 Å². The first-order chi connectivity index (χ1) is 7.93. The van der Waals surface area contributed by atoms with Crippen molar-refractivity contribution < 1.29 is 14.7 Å². The summed E-state index contributed by atoms with van der Waals surface area (Å²) in [5.74, 6) is -1.56. The number of aliphatic carboxylic acids is 1. The third kappa shape index (κ3) is 5.19. The van der Waals surface area contributed by atoms with Gasteiger partial charge in [-0.15, -0.1) is 13.2 Å². The molecule has 2 N–H and O–H groups in total. The molecule has 0 aliphatic rings. The Balaban J connectivity index is 4.43. The van der Waals surface area contributed by atoms with Crippen molar-refractivity contribution in [3.63, 3.8) is 0 Å². The maximum Gasteiger partial charge on any atom is 0.318 e. The van der Waals surface area contributed by atoms with Crippen LogP contribution in [0.4, 0.5) is 4.79 Å². The second kappa shape index (κ2) is 7.49. The average molecular weight is 240 g/mol. The largest absolute Gasteiger partial charge is 0.481 e. The lowest BCUT2D eigenvalue weighted by Crippen LogP contribution is -2.47. The summed E-state index contributed by atoms with van der Waals surface area (Å²) in [6, 6.07) is -0.748. The second-order valence-electron chi connectivity index (χ2n) is 3.85. The first-order valence-corrected chi connectivity index (χ1v) is 5.44. The van der Waals surface area contributed by atoms with Crippen LogP contribution in [0.15, 0.2) is 25.3 Å². The van der Waals surface area contributed by atoms with Gasteiger partial charge in [0.2, 0.25) is 0 Å². The summed E-state index contributed by atoms with van der Waals surface area (Å²) >= 11 is 0. The van der Waals surface area contributed by atoms with E-state index in [4.69, 9.17) is 5.11 Å². The molecule has 5 heteroatoms. The van der Waals surface area contributed by atoms with Crippen molar-refractivity contribution in [2.45, 2.75) is 19.9 Å². The monoisotopic (exact) mass is 240 g/mol. The molecular formula is C12H20N2O3. The number of carbonyl (C=O) groups is 2. The van der Waals surface area contributed by atoms with Crippen LogP contribution in [0.1, 0.15) is 13.8 Å². The van der Waals surface area contributed by atoms with E-state index >= 15 is 0 Å². The fraction of sp³-hybridized carbons (Fsp3) is 0.500. The quantitative estimate of drug-likeness (QED) is 0.662. The lowest BCUT2D eigenvalue weighted by Gasteiger charge is -2.24. The zero-order valence-electron chi connectivity index (χ0n) is 10.3. The molecule has 0 saturated carbocycles. The van der Waals surface area contributed by atoms with Gasteiger partial charge in [0.05, 0.1) is 5.92 Å². The Hall–Kier alpha value is -1.78. The molecule has 0 aromatic rings. The summed E-state index contributed by atoms with van der Waals surface area (Å²) in [4.78, 5) is 24.0. The molecule has 0 heterocycles. The van der Waals surface area contributed by atoms with E-state index in [0.717, 1.165) is 0 Å². The van der Waals surface area contributed by atoms with Crippen molar-refractivity contribution in [2.75, 3.05) is 13.1 Å². The molecule has 2 unspecified atom stereocenters. The molecule has 5 nitrogen and oxygen atoms in total. The fourth-order valence-corrected chi connectivity index (χ4v) is 1.18. The fourth-order valence-electron chi connectivity index (χ4n) is 1.18. The number of carbonyl (C=O) groups excluding carboxylic acids is 1. The molecule has 0 saturated heterocycles. The van der Waals surface area contributed by atoms with Gasteiger partial charge in [0.1, 0.15) is 0 Å². The maximum absolute atomic E-state index is 11.8. The SMILES string of the molecule is C=CCN(CC=C)C(=O)NC(C)C(C)C(=O)O. The zero-order chi connectivity index (χ0) is 13.4. The summed E-state index contributed by atoms with van der Waals surface area (Å²) in [5.41, 5.74) is 0. The number of carboxylic acids is 1. The molecule has 0 aromatic heterocycles. The molecule has 0 aliphatic carbocycles. The predicted molar refractivity (Wildman–Crippen MR) is 66.8 cm³/mol. The van der Waals surface area contributed by atoms with Crippen molar-refractivity contribution in [2.24, 2.45) is 5.92 Å². The van der Waals surface area contributed by atoms with Crippen molar-refractivity contribution in [1.29, 1.82) is 0 Å². The average Bonchev–Trinajstić information content (AvgIpc) is 2.27. The Kier molecular flexibility index (Phi) is 6.70. The Morgan fingerprint density at radius 1 is 1.29 bits per heavy atom. The van der Waals surface area contributed by atoms with Crippen LogP contribution in [-0.2, 0) is 4.79 Å². The number of amides is 2. The van der Waals surface area contributed by atoms with Gasteiger partial charge in [-0.2, -0.15) is 0 Å². The van der Waals surface area contributed by atoms with Gasteiger partial charge in [-0.05, 0) is 13.8 Å². The van der Waals surface area contributed by atoms with Crippen LogP contribution in [0.2, 0.25) is 0 Å². The van der Waals surface area contributed by atoms with Crippen molar-refractivity contribution in [1.82, 2.24) is 10.2 Å². The minimum absolute atomic E-state index is 0.314. The Labute approximate surface area is 102 Å². The minimum atomic E-state index is -0.934. The zero-order valence-corrected chi connectivity index (χ0v) is 10.3. The van der Waals surface area contributed by atoms with E-state index in [1.165, 1.54) is 4.90 Å². The molecule has 0 fully saturated rings. The lowest BCUT2D eigenvalue weighted by atomic mass is 10.0. The van der Waals surface area contributed by atoms with E-state index in [1.54, 1.807) is 26.0 Å². The van der Waals surface area contributed by atoms with Crippen LogP contribution in [0.25, 0.3) is 0 Å². The Morgan fingerprint density at radius 2 is 1.76 bits per heavy atom. The number of rotatable bonds is 7. The van der Waals surface area contributed by atoms with Gasteiger partial charge in [0.25, 0.3) is 0 Å². The summed E-state index contributed by atoms with van der Waals surface area (Å²) in [5, 5.41) is 11.5. The molecule has 2 amide bonds. The van der Waals surface area contributed by atoms with Crippen LogP contribution in [-0.4, -0.2) is 41.1 Å². The summed E-state index contributed by atoms with van der Waals surface area (Å²) in [7, 11) is 0. The van der Waals surface area contributed by atoms with Crippen molar-refractivity contribution in [3.05, 3.63) is 25.3 Å². The van der Waals surface area contributed by atoms with E-state index in [1.807, 2.05) is 0 Å². The molecular weight excluding hydrogens is 220 g/mol. The molecule has 2 atom stereocenters. The van der Waals surface area contributed by atoms with Crippen LogP contribution in [0.5, 0.6) is 0 Å². The maximum atomic E-state index is 11.8. The lowest BCUT2D eigenvalue weighted by molar-refractivity contribution is -0.141. The number of nitrogens with zero attached hydrogens (tertiary/aromatic N) is 1. The molecule has 0 aromatic carbocycles. The van der Waals surface area contributed by atoms with Gasteiger partial charge in [0.15, 0.2) is 0 Å². The third-order valence-electron chi connectivity index (χ3n) is 2.48. The van der Waals surface area contributed by atoms with E-state index < -0.39 is 17.9 Å². The molecule has 0 aliphatic heterocycles. The van der Waals surface area contributed by atoms with Crippen molar-refractivity contribution >= 4 is 12.0 Å². The number of nitrogens with one attached hydrogen (secondary N) is 1. The highest BCUT2D eigenvalue weighted by Gasteiger charge is 2.22. The highest BCUT2D eigenvalue weighted by atomic mass is 16.4. The first kappa shape index (κ1) is 15.2. The van der Waals surface area contributed by atoms with Gasteiger partial charge < -0.3 is 15.3 Å². The number of carboxylic acid groups (broad SMARTS) is 1. The normalized spacial score (nSPS) is 13.3. The third-order valence-corrected chi connectivity index (χ3v) is 2.48. The summed E-state index contributed by atoms with van der Waals surface area (Å²) in [6.07, 6.45) is 3.21. The van der Waals surface area contributed by atoms with Crippen LogP contribution < -0.4 is 5.32 Å². The molecule has 0 radical (unpaired) electrons. The first-order valence-electron chi connectivity index (χ1n) is 5.44. The summed E-state index contributed by atoms with van der Waals surface area (Å²) in [6.45, 7) is 11.1. The molecule has 96 valence electrons. The molecule has 0 bridgehead atoms. The standard InChI is InChI=1S/C12H20N2O3/c1-5-7-14(8-6-2)12(17)13-10(4)9(3)11(15)16/h5-6,9-10H,1-2,7-8H2,3-4H3,(H,13,17)(H,15,16). The number of hydrogen-bond donors (Lipinski definition) is 2. The van der Waals surface area contributed by atoms with Gasteiger partial charge in [-0.25, -0.2) is 4.79 Å². The van der Waals surface area contributed by atoms with Gasteiger partial charge in [0, 0.05) is 19.1 Å². The topological polar surface area (TPSA) is 69.6 Å². The molecule has 17 heavy (non-hydrogen) atoms. The highest BCUT2D eigenvalue weighted by Crippen LogP contribution is 2.03. The van der Waals surface area contributed by atoms with Gasteiger partial charge >= 0.3 is 12.0 Å². The van der Waals surface area contributed by atoms with E-state index in [9.17, 15) is 9.59 Å². The smallest absolute Gasteiger partial charge is 0.318 e. The van der Waals surface area contributed by atoms with Gasteiger partial charge in [-0.3, -0.25) is 4.79 Å². The highest BCUT2D eigenvalue weighted by molar-refractivity contribution is 5.76. The van der Waals surface area contributed by atoms with Gasteiger partial charge in [-0.1, -0.05) is 12.2 Å². The molecule has 0 spiro atoms. The second-order valence-corrected chi connectivity index (χ2v) is 3.85. The summed E-state index contributed by atoms with van der Waals surface area (Å²) < 4.78 is 0. The Bertz CT molecular complexity index is 292. The van der Waals surface area contributed by atoms with Crippen molar-refractivity contribution in [3.8, 4) is 0 Å². The van der Waals surface area contributed by atoms with E-state index in [2.05, 4.69) is 18.5 Å². The Morgan fingerprint density at radius 3 is 2.12 bits per heavy atom. The van der Waals surface area contributed by atoms with Crippen LogP contribution in [0, 0.1) is 5.92 Å². The van der Waals surface area contributed by atoms with E-state index in [0.29, 0.717) is 13.1 Å². The van der Waals surface area contributed by atoms with Crippen LogP contribution in [0.3, 0.4) is 0 Å². The molecule has 0 rings (SSSR count).